The number of anilines is 1. The van der Waals surface area contributed by atoms with Crippen LogP contribution < -0.4 is 10.5 Å². The molecule has 2 N–H and O–H groups in total. The first-order valence-corrected chi connectivity index (χ1v) is 4.52. The molecule has 1 rings (SSSR count). The van der Waals surface area contributed by atoms with Crippen molar-refractivity contribution >= 4 is 5.69 Å². The predicted octanol–water partition coefficient (Wildman–Crippen LogP) is 2.15. The quantitative estimate of drug-likeness (QED) is 0.775. The molecule has 3 nitrogen and oxygen atoms in total. The Bertz CT molecular complexity index is 286. The fourth-order valence-electron chi connectivity index (χ4n) is 0.952. The lowest BCUT2D eigenvalue weighted by molar-refractivity contribution is 0.210. The van der Waals surface area contributed by atoms with Crippen molar-refractivity contribution in [2.75, 3.05) is 5.73 Å². The van der Waals surface area contributed by atoms with E-state index in [0.29, 0.717) is 11.6 Å². The number of nitrogens with zero attached hydrogens (tertiary/aromatic N) is 1. The first kappa shape index (κ1) is 9.84. The third-order valence-electron chi connectivity index (χ3n) is 1.90. The van der Waals surface area contributed by atoms with E-state index < -0.39 is 0 Å². The van der Waals surface area contributed by atoms with Crippen molar-refractivity contribution in [2.24, 2.45) is 0 Å². The zero-order valence-electron chi connectivity index (χ0n) is 8.37. The van der Waals surface area contributed by atoms with Crippen LogP contribution in [0.25, 0.3) is 0 Å². The standard InChI is InChI=1S/C10H16N2O/c1-4-8(3)13-10-9(11)5-7(2)6-12-10/h5-6,8H,4,11H2,1-3H3. The lowest BCUT2D eigenvalue weighted by Gasteiger charge is -2.13. The molecule has 1 atom stereocenters. The van der Waals surface area contributed by atoms with Gasteiger partial charge in [0.05, 0.1) is 11.8 Å². The summed E-state index contributed by atoms with van der Waals surface area (Å²) in [7, 11) is 0. The molecule has 0 aliphatic rings. The molecule has 1 unspecified atom stereocenters. The van der Waals surface area contributed by atoms with Crippen LogP contribution in [-0.2, 0) is 0 Å². The third kappa shape index (κ3) is 2.61. The largest absolute Gasteiger partial charge is 0.473 e. The van der Waals surface area contributed by atoms with E-state index in [1.54, 1.807) is 6.20 Å². The molecule has 1 heterocycles. The van der Waals surface area contributed by atoms with Crippen molar-refractivity contribution in [1.82, 2.24) is 4.98 Å². The topological polar surface area (TPSA) is 48.1 Å². The van der Waals surface area contributed by atoms with Gasteiger partial charge in [0, 0.05) is 6.20 Å². The van der Waals surface area contributed by atoms with Gasteiger partial charge < -0.3 is 10.5 Å². The Labute approximate surface area is 78.9 Å². The fourth-order valence-corrected chi connectivity index (χ4v) is 0.952. The van der Waals surface area contributed by atoms with E-state index in [9.17, 15) is 0 Å². The lowest BCUT2D eigenvalue weighted by atomic mass is 10.3. The average Bonchev–Trinajstić information content (AvgIpc) is 2.09. The molecule has 0 radical (unpaired) electrons. The van der Waals surface area contributed by atoms with Crippen LogP contribution in [0, 0.1) is 6.92 Å². The maximum absolute atomic E-state index is 5.74. The van der Waals surface area contributed by atoms with E-state index in [1.165, 1.54) is 0 Å². The Morgan fingerprint density at radius 2 is 2.31 bits per heavy atom. The van der Waals surface area contributed by atoms with Crippen LogP contribution in [0.5, 0.6) is 5.88 Å². The summed E-state index contributed by atoms with van der Waals surface area (Å²) < 4.78 is 5.51. The number of nitrogen functional groups attached to an aromatic ring is 1. The summed E-state index contributed by atoms with van der Waals surface area (Å²) in [5.41, 5.74) is 7.40. The second kappa shape index (κ2) is 4.12. The molecule has 0 aliphatic carbocycles. The van der Waals surface area contributed by atoms with E-state index in [-0.39, 0.29) is 6.10 Å². The van der Waals surface area contributed by atoms with Crippen molar-refractivity contribution in [2.45, 2.75) is 33.3 Å². The molecule has 1 aromatic heterocycles. The number of ether oxygens (including phenoxy) is 1. The van der Waals surface area contributed by atoms with Crippen LogP contribution in [0.4, 0.5) is 5.69 Å². The Hall–Kier alpha value is -1.25. The molecule has 0 fully saturated rings. The summed E-state index contributed by atoms with van der Waals surface area (Å²) in [4.78, 5) is 4.12. The minimum absolute atomic E-state index is 0.164. The van der Waals surface area contributed by atoms with Gasteiger partial charge in [0.15, 0.2) is 0 Å². The van der Waals surface area contributed by atoms with Crippen molar-refractivity contribution in [3.63, 3.8) is 0 Å². The lowest BCUT2D eigenvalue weighted by Crippen LogP contribution is -2.12. The second-order valence-electron chi connectivity index (χ2n) is 3.24. The monoisotopic (exact) mass is 180 g/mol. The first-order valence-electron chi connectivity index (χ1n) is 4.52. The highest BCUT2D eigenvalue weighted by molar-refractivity contribution is 5.49. The molecule has 0 saturated heterocycles. The van der Waals surface area contributed by atoms with Gasteiger partial charge in [-0.15, -0.1) is 0 Å². The van der Waals surface area contributed by atoms with Crippen LogP contribution >= 0.6 is 0 Å². The molecule has 13 heavy (non-hydrogen) atoms. The normalized spacial score (nSPS) is 12.5. The maximum Gasteiger partial charge on any atom is 0.237 e. The van der Waals surface area contributed by atoms with Gasteiger partial charge in [-0.1, -0.05) is 6.92 Å². The molecule has 0 amide bonds. The molecule has 0 saturated carbocycles. The molecule has 0 aromatic carbocycles. The second-order valence-corrected chi connectivity index (χ2v) is 3.24. The third-order valence-corrected chi connectivity index (χ3v) is 1.90. The van der Waals surface area contributed by atoms with Gasteiger partial charge in [0.25, 0.3) is 0 Å². The minimum atomic E-state index is 0.164. The fraction of sp³-hybridized carbons (Fsp3) is 0.500. The van der Waals surface area contributed by atoms with Gasteiger partial charge >= 0.3 is 0 Å². The summed E-state index contributed by atoms with van der Waals surface area (Å²) in [6.45, 7) is 6.02. The molecule has 72 valence electrons. The number of hydrogen-bond donors (Lipinski definition) is 1. The van der Waals surface area contributed by atoms with Crippen molar-refractivity contribution < 1.29 is 4.74 Å². The Morgan fingerprint density at radius 3 is 2.85 bits per heavy atom. The van der Waals surface area contributed by atoms with Crippen LogP contribution in [0.1, 0.15) is 25.8 Å². The van der Waals surface area contributed by atoms with Gasteiger partial charge in [0.2, 0.25) is 5.88 Å². The van der Waals surface area contributed by atoms with Gasteiger partial charge in [-0.3, -0.25) is 0 Å². The zero-order valence-corrected chi connectivity index (χ0v) is 8.37. The molecule has 0 aliphatic heterocycles. The predicted molar refractivity (Wildman–Crippen MR) is 53.8 cm³/mol. The highest BCUT2D eigenvalue weighted by Crippen LogP contribution is 2.20. The van der Waals surface area contributed by atoms with Crippen LogP contribution in [0.15, 0.2) is 12.3 Å². The molecular formula is C10H16N2O. The summed E-state index contributed by atoms with van der Waals surface area (Å²) in [5.74, 6) is 0.542. The van der Waals surface area contributed by atoms with Gasteiger partial charge in [-0.05, 0) is 31.9 Å². The first-order chi connectivity index (χ1) is 6.13. The summed E-state index contributed by atoms with van der Waals surface area (Å²) >= 11 is 0. The smallest absolute Gasteiger partial charge is 0.237 e. The minimum Gasteiger partial charge on any atom is -0.473 e. The van der Waals surface area contributed by atoms with Crippen LogP contribution in [0.2, 0.25) is 0 Å². The summed E-state index contributed by atoms with van der Waals surface area (Å²) in [6.07, 6.45) is 2.88. The molecular weight excluding hydrogens is 164 g/mol. The number of nitrogens with two attached hydrogens (primary N) is 1. The van der Waals surface area contributed by atoms with Crippen molar-refractivity contribution in [1.29, 1.82) is 0 Å². The van der Waals surface area contributed by atoms with E-state index in [4.69, 9.17) is 10.5 Å². The summed E-state index contributed by atoms with van der Waals surface area (Å²) in [5, 5.41) is 0. The molecule has 0 spiro atoms. The number of pyridine rings is 1. The number of rotatable bonds is 3. The maximum atomic E-state index is 5.74. The Kier molecular flexibility index (Phi) is 3.12. The van der Waals surface area contributed by atoms with E-state index >= 15 is 0 Å². The Balaban J connectivity index is 2.77. The van der Waals surface area contributed by atoms with Gasteiger partial charge in [-0.2, -0.15) is 0 Å². The SMILES string of the molecule is CCC(C)Oc1ncc(C)cc1N. The number of aryl methyl sites for hydroxylation is 1. The highest BCUT2D eigenvalue weighted by Gasteiger charge is 2.05. The van der Waals surface area contributed by atoms with Crippen LogP contribution in [0.3, 0.4) is 0 Å². The van der Waals surface area contributed by atoms with E-state index in [1.807, 2.05) is 19.9 Å². The molecule has 1 aromatic rings. The number of aromatic nitrogens is 1. The van der Waals surface area contributed by atoms with Crippen molar-refractivity contribution in [3.8, 4) is 5.88 Å². The molecule has 3 heteroatoms. The van der Waals surface area contributed by atoms with E-state index in [0.717, 1.165) is 12.0 Å². The Morgan fingerprint density at radius 1 is 1.62 bits per heavy atom. The van der Waals surface area contributed by atoms with Crippen molar-refractivity contribution in [3.05, 3.63) is 17.8 Å². The van der Waals surface area contributed by atoms with Gasteiger partial charge in [-0.25, -0.2) is 4.98 Å². The molecule has 0 bridgehead atoms. The van der Waals surface area contributed by atoms with Gasteiger partial charge in [0.1, 0.15) is 0 Å². The number of hydrogen-bond acceptors (Lipinski definition) is 3. The zero-order chi connectivity index (χ0) is 9.84. The summed E-state index contributed by atoms with van der Waals surface area (Å²) in [6, 6.07) is 1.87. The van der Waals surface area contributed by atoms with E-state index in [2.05, 4.69) is 11.9 Å². The average molecular weight is 180 g/mol. The van der Waals surface area contributed by atoms with Crippen LogP contribution in [-0.4, -0.2) is 11.1 Å². The highest BCUT2D eigenvalue weighted by atomic mass is 16.5.